The highest BCUT2D eigenvalue weighted by molar-refractivity contribution is 5.14. The number of nitrogens with one attached hydrogen (secondary N) is 4. The topological polar surface area (TPSA) is 66.6 Å². The van der Waals surface area contributed by atoms with E-state index in [9.17, 15) is 0 Å². The molecule has 2 saturated heterocycles. The molecule has 0 aromatic rings. The average molecular weight is 304 g/mol. The Morgan fingerprint density at radius 3 is 2.18 bits per heavy atom. The maximum Gasteiger partial charge on any atom is 0.185 e. The molecule has 3 fully saturated rings. The van der Waals surface area contributed by atoms with Crippen molar-refractivity contribution in [2.75, 3.05) is 13.5 Å². The number of hydrazine groups is 2. The van der Waals surface area contributed by atoms with Crippen LogP contribution in [0.3, 0.4) is 0 Å². The van der Waals surface area contributed by atoms with Gasteiger partial charge in [0.15, 0.2) is 12.5 Å². The minimum atomic E-state index is -0.173. The normalized spacial score (nSPS) is 38.0. The third-order valence-corrected chi connectivity index (χ3v) is 4.44. The van der Waals surface area contributed by atoms with Crippen LogP contribution in [-0.4, -0.2) is 25.9 Å². The van der Waals surface area contributed by atoms with Crippen molar-refractivity contribution in [1.29, 1.82) is 0 Å². The lowest BCUT2D eigenvalue weighted by molar-refractivity contribution is 0.141. The van der Waals surface area contributed by atoms with E-state index in [0.717, 1.165) is 25.7 Å². The Hall–Kier alpha value is -1.12. The first-order valence-corrected chi connectivity index (χ1v) is 8.07. The first-order chi connectivity index (χ1) is 10.8. The maximum absolute atomic E-state index is 5.38. The van der Waals surface area contributed by atoms with Gasteiger partial charge in [0.05, 0.1) is 0 Å². The van der Waals surface area contributed by atoms with Gasteiger partial charge in [-0.15, -0.1) is 0 Å². The summed E-state index contributed by atoms with van der Waals surface area (Å²) in [5.41, 5.74) is 11.8. The smallest absolute Gasteiger partial charge is 0.185 e. The van der Waals surface area contributed by atoms with Crippen molar-refractivity contribution in [3.05, 3.63) is 0 Å². The zero-order chi connectivity index (χ0) is 15.2. The van der Waals surface area contributed by atoms with Crippen molar-refractivity contribution in [1.82, 2.24) is 21.7 Å². The SMILES string of the molecule is CCC1CC(C#CC2NNCO2)CCC1C#CC1NNCO1. The van der Waals surface area contributed by atoms with E-state index in [4.69, 9.17) is 9.47 Å². The minimum Gasteiger partial charge on any atom is -0.334 e. The summed E-state index contributed by atoms with van der Waals surface area (Å²) in [6, 6.07) is 0. The van der Waals surface area contributed by atoms with Crippen molar-refractivity contribution in [3.8, 4) is 23.7 Å². The van der Waals surface area contributed by atoms with Gasteiger partial charge in [0, 0.05) is 11.8 Å². The molecule has 0 aromatic carbocycles. The van der Waals surface area contributed by atoms with Crippen LogP contribution in [0.2, 0.25) is 0 Å². The van der Waals surface area contributed by atoms with Crippen LogP contribution >= 0.6 is 0 Å². The molecule has 6 nitrogen and oxygen atoms in total. The number of hydrogen-bond acceptors (Lipinski definition) is 6. The van der Waals surface area contributed by atoms with Crippen molar-refractivity contribution in [3.63, 3.8) is 0 Å². The fraction of sp³-hybridized carbons (Fsp3) is 0.750. The van der Waals surface area contributed by atoms with Crippen LogP contribution in [-0.2, 0) is 9.47 Å². The summed E-state index contributed by atoms with van der Waals surface area (Å²) in [7, 11) is 0. The molecule has 4 N–H and O–H groups in total. The summed E-state index contributed by atoms with van der Waals surface area (Å²) in [6.45, 7) is 3.28. The second-order valence-corrected chi connectivity index (χ2v) is 5.89. The van der Waals surface area contributed by atoms with E-state index in [1.165, 1.54) is 0 Å². The highest BCUT2D eigenvalue weighted by atomic mass is 16.5. The molecule has 120 valence electrons. The van der Waals surface area contributed by atoms with Gasteiger partial charge in [-0.05, 0) is 25.2 Å². The first kappa shape index (κ1) is 15.8. The molecule has 3 aliphatic rings. The predicted octanol–water partition coefficient (Wildman–Crippen LogP) is 0.252. The zero-order valence-electron chi connectivity index (χ0n) is 12.9. The van der Waals surface area contributed by atoms with Gasteiger partial charge in [-0.1, -0.05) is 37.0 Å². The molecule has 0 amide bonds. The van der Waals surface area contributed by atoms with E-state index in [2.05, 4.69) is 52.3 Å². The number of hydrogen-bond donors (Lipinski definition) is 4. The predicted molar refractivity (Wildman–Crippen MR) is 82.2 cm³/mol. The molecular formula is C16H24N4O2. The summed E-state index contributed by atoms with van der Waals surface area (Å²) in [6.07, 6.45) is 4.15. The van der Waals surface area contributed by atoms with Gasteiger partial charge in [0.2, 0.25) is 0 Å². The van der Waals surface area contributed by atoms with Crippen molar-refractivity contribution >= 4 is 0 Å². The molecule has 0 radical (unpaired) electrons. The van der Waals surface area contributed by atoms with E-state index in [-0.39, 0.29) is 12.5 Å². The quantitative estimate of drug-likeness (QED) is 0.521. The molecule has 0 spiro atoms. The molecule has 1 saturated carbocycles. The van der Waals surface area contributed by atoms with Gasteiger partial charge in [-0.2, -0.15) is 0 Å². The molecule has 2 heterocycles. The lowest BCUT2D eigenvalue weighted by atomic mass is 9.73. The van der Waals surface area contributed by atoms with Crippen LogP contribution in [0.5, 0.6) is 0 Å². The van der Waals surface area contributed by atoms with E-state index in [1.54, 1.807) is 0 Å². The van der Waals surface area contributed by atoms with Crippen molar-refractivity contribution < 1.29 is 9.47 Å². The Balaban J connectivity index is 1.53. The largest absolute Gasteiger partial charge is 0.334 e. The zero-order valence-corrected chi connectivity index (χ0v) is 12.9. The van der Waals surface area contributed by atoms with Gasteiger partial charge in [-0.25, -0.2) is 21.7 Å². The summed E-state index contributed by atoms with van der Waals surface area (Å²) >= 11 is 0. The first-order valence-electron chi connectivity index (χ1n) is 8.07. The van der Waals surface area contributed by atoms with Gasteiger partial charge in [-0.3, -0.25) is 0 Å². The Morgan fingerprint density at radius 1 is 0.909 bits per heavy atom. The number of ether oxygens (including phenoxy) is 2. The van der Waals surface area contributed by atoms with Crippen LogP contribution in [0, 0.1) is 41.4 Å². The molecule has 2 aliphatic heterocycles. The lowest BCUT2D eigenvalue weighted by Crippen LogP contribution is -2.30. The van der Waals surface area contributed by atoms with Crippen molar-refractivity contribution in [2.45, 2.75) is 45.1 Å². The minimum absolute atomic E-state index is 0.171. The molecule has 0 bridgehead atoms. The Kier molecular flexibility index (Phi) is 5.69. The molecule has 6 heteroatoms. The Labute approximate surface area is 132 Å². The molecule has 0 aromatic heterocycles. The molecular weight excluding hydrogens is 280 g/mol. The highest BCUT2D eigenvalue weighted by Gasteiger charge is 2.28. The van der Waals surface area contributed by atoms with Crippen molar-refractivity contribution in [2.24, 2.45) is 17.8 Å². The van der Waals surface area contributed by atoms with E-state index in [1.807, 2.05) is 0 Å². The lowest BCUT2D eigenvalue weighted by Gasteiger charge is -2.30. The van der Waals surface area contributed by atoms with Crippen LogP contribution in [0.4, 0.5) is 0 Å². The Bertz CT molecular complexity index is 478. The summed E-state index contributed by atoms with van der Waals surface area (Å²) < 4.78 is 10.8. The Morgan fingerprint density at radius 2 is 1.59 bits per heavy atom. The van der Waals surface area contributed by atoms with Crippen LogP contribution in [0.1, 0.15) is 32.6 Å². The summed E-state index contributed by atoms with van der Waals surface area (Å²) in [5.74, 6) is 14.7. The van der Waals surface area contributed by atoms with Crippen LogP contribution in [0.25, 0.3) is 0 Å². The molecule has 5 atom stereocenters. The third-order valence-electron chi connectivity index (χ3n) is 4.44. The number of rotatable bonds is 1. The van der Waals surface area contributed by atoms with E-state index < -0.39 is 0 Å². The van der Waals surface area contributed by atoms with Crippen LogP contribution < -0.4 is 21.7 Å². The van der Waals surface area contributed by atoms with Gasteiger partial charge in [0.1, 0.15) is 13.5 Å². The highest BCUT2D eigenvalue weighted by Crippen LogP contribution is 2.35. The van der Waals surface area contributed by atoms with Crippen LogP contribution in [0.15, 0.2) is 0 Å². The molecule has 5 unspecified atom stereocenters. The monoisotopic (exact) mass is 304 g/mol. The maximum atomic E-state index is 5.38. The standard InChI is InChI=1S/C16H24N4O2/c1-2-13-9-12(4-7-15-19-17-10-21-15)3-5-14(13)6-8-16-20-18-11-22-16/h12-20H,2-3,5,9-11H2,1H3. The second-order valence-electron chi connectivity index (χ2n) is 5.89. The molecule has 22 heavy (non-hydrogen) atoms. The summed E-state index contributed by atoms with van der Waals surface area (Å²) in [4.78, 5) is 0. The second kappa shape index (κ2) is 7.94. The fourth-order valence-electron chi connectivity index (χ4n) is 3.17. The fourth-order valence-corrected chi connectivity index (χ4v) is 3.17. The van der Waals surface area contributed by atoms with Gasteiger partial charge >= 0.3 is 0 Å². The van der Waals surface area contributed by atoms with E-state index >= 15 is 0 Å². The molecule has 3 rings (SSSR count). The van der Waals surface area contributed by atoms with E-state index in [0.29, 0.717) is 31.2 Å². The summed E-state index contributed by atoms with van der Waals surface area (Å²) in [5, 5.41) is 0. The molecule has 1 aliphatic carbocycles. The average Bonchev–Trinajstić information content (AvgIpc) is 3.24. The van der Waals surface area contributed by atoms with Gasteiger partial charge < -0.3 is 9.47 Å². The van der Waals surface area contributed by atoms with Gasteiger partial charge in [0.25, 0.3) is 0 Å². The third kappa shape index (κ3) is 4.21.